The van der Waals surface area contributed by atoms with E-state index in [-0.39, 0.29) is 5.75 Å². The molecule has 1 saturated heterocycles. The van der Waals surface area contributed by atoms with E-state index >= 15 is 0 Å². The first-order valence-electron chi connectivity index (χ1n) is 10.8. The molecule has 170 valence electrons. The summed E-state index contributed by atoms with van der Waals surface area (Å²) in [6.45, 7) is 3.00. The molecule has 5 rings (SSSR count). The lowest BCUT2D eigenvalue weighted by Crippen LogP contribution is -2.18. The summed E-state index contributed by atoms with van der Waals surface area (Å²) in [6, 6.07) is 10.6. The summed E-state index contributed by atoms with van der Waals surface area (Å²) in [4.78, 5) is 8.20. The lowest BCUT2D eigenvalue weighted by molar-refractivity contribution is -0.137. The van der Waals surface area contributed by atoms with Gasteiger partial charge in [0.25, 0.3) is 0 Å². The summed E-state index contributed by atoms with van der Waals surface area (Å²) in [6.07, 6.45) is 1.12. The minimum absolute atomic E-state index is 0.195. The SMILES string of the molecule is Oc1c(CN2CCCC2)cc(Cn2ncc(-c3ccc(C(F)(F)F)cc3)n2)c2cccnc12. The van der Waals surface area contributed by atoms with Crippen molar-refractivity contribution in [2.24, 2.45) is 0 Å². The van der Waals surface area contributed by atoms with Crippen molar-refractivity contribution >= 4 is 10.9 Å². The number of fused-ring (bicyclic) bond motifs is 1. The van der Waals surface area contributed by atoms with Crippen LogP contribution in [0, 0.1) is 0 Å². The van der Waals surface area contributed by atoms with Crippen LogP contribution in [-0.4, -0.2) is 43.1 Å². The fourth-order valence-corrected chi connectivity index (χ4v) is 4.28. The molecule has 0 bridgehead atoms. The van der Waals surface area contributed by atoms with E-state index in [0.717, 1.165) is 54.6 Å². The minimum atomic E-state index is -4.38. The fourth-order valence-electron chi connectivity index (χ4n) is 4.28. The molecule has 0 unspecified atom stereocenters. The Kier molecular flexibility index (Phi) is 5.49. The molecule has 9 heteroatoms. The van der Waals surface area contributed by atoms with Crippen LogP contribution in [-0.2, 0) is 19.3 Å². The van der Waals surface area contributed by atoms with Gasteiger partial charge in [0.1, 0.15) is 17.0 Å². The molecule has 0 spiro atoms. The van der Waals surface area contributed by atoms with Crippen molar-refractivity contribution in [2.75, 3.05) is 13.1 Å². The van der Waals surface area contributed by atoms with Crippen LogP contribution in [0.4, 0.5) is 13.2 Å². The van der Waals surface area contributed by atoms with E-state index in [1.165, 1.54) is 23.1 Å². The van der Waals surface area contributed by atoms with Crippen molar-refractivity contribution < 1.29 is 18.3 Å². The summed E-state index contributed by atoms with van der Waals surface area (Å²) in [7, 11) is 0. The van der Waals surface area contributed by atoms with E-state index in [4.69, 9.17) is 0 Å². The van der Waals surface area contributed by atoms with Crippen LogP contribution >= 0.6 is 0 Å². The number of aromatic nitrogens is 4. The number of phenols is 1. The van der Waals surface area contributed by atoms with Gasteiger partial charge in [-0.05, 0) is 55.8 Å². The summed E-state index contributed by atoms with van der Waals surface area (Å²) < 4.78 is 38.5. The molecule has 1 aliphatic rings. The normalized spacial score (nSPS) is 14.9. The standard InChI is InChI=1S/C24H22F3N5O/c25-24(26,27)19-7-5-16(6-8-19)21-13-29-32(30-21)15-17-12-18(14-31-10-1-2-11-31)23(33)22-20(17)4-3-9-28-22/h3-9,12-13,33H,1-2,10-11,14-15H2. The van der Waals surface area contributed by atoms with Gasteiger partial charge in [-0.2, -0.15) is 28.2 Å². The Morgan fingerprint density at radius 3 is 2.45 bits per heavy atom. The Bertz CT molecular complexity index is 1280. The highest BCUT2D eigenvalue weighted by molar-refractivity contribution is 5.88. The molecule has 0 aliphatic carbocycles. The van der Waals surface area contributed by atoms with Gasteiger partial charge in [0, 0.05) is 29.3 Å². The fraction of sp³-hybridized carbons (Fsp3) is 0.292. The Balaban J connectivity index is 1.44. The molecule has 1 aliphatic heterocycles. The number of phenolic OH excluding ortho intramolecular Hbond substituents is 1. The number of hydrogen-bond donors (Lipinski definition) is 1. The van der Waals surface area contributed by atoms with Crippen molar-refractivity contribution in [3.63, 3.8) is 0 Å². The molecule has 0 radical (unpaired) electrons. The van der Waals surface area contributed by atoms with Gasteiger partial charge in [-0.3, -0.25) is 9.88 Å². The Hall–Kier alpha value is -3.46. The topological polar surface area (TPSA) is 67.1 Å². The maximum Gasteiger partial charge on any atom is 0.416 e. The Morgan fingerprint density at radius 1 is 0.970 bits per heavy atom. The van der Waals surface area contributed by atoms with Crippen LogP contribution in [0.5, 0.6) is 5.75 Å². The second-order valence-electron chi connectivity index (χ2n) is 8.26. The molecular weight excluding hydrogens is 431 g/mol. The molecule has 1 fully saturated rings. The predicted molar refractivity (Wildman–Crippen MR) is 117 cm³/mol. The number of halogens is 3. The number of alkyl halides is 3. The third-order valence-corrected chi connectivity index (χ3v) is 5.98. The second kappa shape index (κ2) is 8.47. The van der Waals surface area contributed by atoms with Crippen LogP contribution < -0.4 is 0 Å². The number of hydrogen-bond acceptors (Lipinski definition) is 5. The van der Waals surface area contributed by atoms with Gasteiger partial charge in [-0.1, -0.05) is 18.2 Å². The molecule has 0 saturated carbocycles. The van der Waals surface area contributed by atoms with Crippen molar-refractivity contribution in [3.05, 3.63) is 71.5 Å². The van der Waals surface area contributed by atoms with E-state index in [1.807, 2.05) is 18.2 Å². The maximum absolute atomic E-state index is 12.8. The second-order valence-corrected chi connectivity index (χ2v) is 8.26. The molecule has 6 nitrogen and oxygen atoms in total. The van der Waals surface area contributed by atoms with Crippen molar-refractivity contribution in [2.45, 2.75) is 32.1 Å². The molecular formula is C24H22F3N5O. The monoisotopic (exact) mass is 453 g/mol. The first-order chi connectivity index (χ1) is 15.9. The van der Waals surface area contributed by atoms with E-state index in [1.54, 1.807) is 6.20 Å². The molecule has 2 aromatic heterocycles. The molecule has 4 aromatic rings. The van der Waals surface area contributed by atoms with Crippen LogP contribution in [0.25, 0.3) is 22.2 Å². The zero-order valence-corrected chi connectivity index (χ0v) is 17.8. The van der Waals surface area contributed by atoms with Crippen LogP contribution in [0.15, 0.2) is 54.9 Å². The minimum Gasteiger partial charge on any atom is -0.505 e. The molecule has 2 aromatic carbocycles. The van der Waals surface area contributed by atoms with Crippen LogP contribution in [0.3, 0.4) is 0 Å². The van der Waals surface area contributed by atoms with E-state index in [2.05, 4.69) is 20.1 Å². The highest BCUT2D eigenvalue weighted by Gasteiger charge is 2.30. The highest BCUT2D eigenvalue weighted by Crippen LogP contribution is 2.33. The zero-order chi connectivity index (χ0) is 23.0. The van der Waals surface area contributed by atoms with Crippen molar-refractivity contribution in [1.29, 1.82) is 0 Å². The maximum atomic E-state index is 12.8. The average Bonchev–Trinajstić information content (AvgIpc) is 3.49. The Labute approximate surface area is 188 Å². The van der Waals surface area contributed by atoms with Crippen LogP contribution in [0.1, 0.15) is 29.5 Å². The predicted octanol–water partition coefficient (Wildman–Crippen LogP) is 4.86. The first-order valence-corrected chi connectivity index (χ1v) is 10.8. The number of nitrogens with zero attached hydrogens (tertiary/aromatic N) is 5. The molecule has 0 atom stereocenters. The van der Waals surface area contributed by atoms with Crippen LogP contribution in [0.2, 0.25) is 0 Å². The smallest absolute Gasteiger partial charge is 0.416 e. The van der Waals surface area contributed by atoms with E-state index in [9.17, 15) is 18.3 Å². The molecule has 3 heterocycles. The van der Waals surface area contributed by atoms with Gasteiger partial charge in [-0.25, -0.2) is 0 Å². The largest absolute Gasteiger partial charge is 0.505 e. The number of pyridine rings is 1. The summed E-state index contributed by atoms with van der Waals surface area (Å²) in [5, 5.41) is 20.4. The zero-order valence-electron chi connectivity index (χ0n) is 17.8. The van der Waals surface area contributed by atoms with Gasteiger partial charge in [0.15, 0.2) is 0 Å². The summed E-state index contributed by atoms with van der Waals surface area (Å²) in [5.74, 6) is 0.195. The average molecular weight is 453 g/mol. The van der Waals surface area contributed by atoms with Gasteiger partial charge >= 0.3 is 6.18 Å². The third kappa shape index (κ3) is 4.41. The highest BCUT2D eigenvalue weighted by atomic mass is 19.4. The molecule has 33 heavy (non-hydrogen) atoms. The van der Waals surface area contributed by atoms with Gasteiger partial charge in [-0.15, -0.1) is 0 Å². The lowest BCUT2D eigenvalue weighted by atomic mass is 10.0. The van der Waals surface area contributed by atoms with Crippen molar-refractivity contribution in [3.8, 4) is 17.0 Å². The molecule has 0 amide bonds. The number of benzene rings is 2. The van der Waals surface area contributed by atoms with Gasteiger partial charge < -0.3 is 5.11 Å². The van der Waals surface area contributed by atoms with E-state index < -0.39 is 11.7 Å². The lowest BCUT2D eigenvalue weighted by Gasteiger charge is -2.18. The van der Waals surface area contributed by atoms with Crippen molar-refractivity contribution in [1.82, 2.24) is 24.9 Å². The summed E-state index contributed by atoms with van der Waals surface area (Å²) in [5.41, 5.74) is 2.61. The summed E-state index contributed by atoms with van der Waals surface area (Å²) >= 11 is 0. The quantitative estimate of drug-likeness (QED) is 0.467. The number of aromatic hydroxyl groups is 1. The Morgan fingerprint density at radius 2 is 1.73 bits per heavy atom. The van der Waals surface area contributed by atoms with Gasteiger partial charge in [0.2, 0.25) is 0 Å². The third-order valence-electron chi connectivity index (χ3n) is 5.98. The number of rotatable bonds is 5. The van der Waals surface area contributed by atoms with E-state index in [0.29, 0.717) is 29.9 Å². The number of likely N-dealkylation sites (tertiary alicyclic amines) is 1. The molecule has 1 N–H and O–H groups in total. The van der Waals surface area contributed by atoms with Gasteiger partial charge in [0.05, 0.1) is 18.3 Å². The first kappa shape index (κ1) is 21.4.